The van der Waals surface area contributed by atoms with Crippen molar-refractivity contribution in [2.75, 3.05) is 0 Å². The second-order valence-corrected chi connectivity index (χ2v) is 7.88. The van der Waals surface area contributed by atoms with E-state index in [-0.39, 0.29) is 5.16 Å². The number of benzene rings is 3. The van der Waals surface area contributed by atoms with Crippen molar-refractivity contribution >= 4 is 20.6 Å². The zero-order valence-electron chi connectivity index (χ0n) is 13.8. The number of thiophene rings is 1. The van der Waals surface area contributed by atoms with Crippen LogP contribution in [0.15, 0.2) is 102 Å². The van der Waals surface area contributed by atoms with Crippen molar-refractivity contribution in [3.05, 3.63) is 119 Å². The largest absolute Gasteiger partial charge is 0.144 e. The van der Waals surface area contributed by atoms with Crippen molar-refractivity contribution in [3.63, 3.8) is 0 Å². The van der Waals surface area contributed by atoms with Gasteiger partial charge in [-0.05, 0) is 33.7 Å². The maximum Gasteiger partial charge on any atom is 0.0597 e. The van der Waals surface area contributed by atoms with Gasteiger partial charge in [0, 0.05) is 4.88 Å². The van der Waals surface area contributed by atoms with Crippen LogP contribution in [0.3, 0.4) is 0 Å². The van der Waals surface area contributed by atoms with Crippen LogP contribution in [0.25, 0.3) is 10.4 Å². The Labute approximate surface area is 155 Å². The van der Waals surface area contributed by atoms with Crippen molar-refractivity contribution in [2.45, 2.75) is 5.16 Å². The average molecular weight is 358 g/mol. The standard InChI is InChI=1S/C23H19PS/c24-23(18-10-3-1-4-11-18,19-12-5-2-6-13-19)21-15-8-7-14-20(21)22-16-9-17-25-22/h1-17H,24H2. The fourth-order valence-electron chi connectivity index (χ4n) is 3.35. The summed E-state index contributed by atoms with van der Waals surface area (Å²) < 4.78 is 0. The molecule has 3 aromatic carbocycles. The molecule has 0 spiro atoms. The van der Waals surface area contributed by atoms with Crippen LogP contribution in [0.5, 0.6) is 0 Å². The predicted octanol–water partition coefficient (Wildman–Crippen LogP) is 6.58. The smallest absolute Gasteiger partial charge is 0.0597 e. The molecular weight excluding hydrogens is 339 g/mol. The van der Waals surface area contributed by atoms with E-state index in [0.717, 1.165) is 0 Å². The zero-order valence-corrected chi connectivity index (χ0v) is 15.8. The summed E-state index contributed by atoms with van der Waals surface area (Å²) in [6.07, 6.45) is 0. The highest BCUT2D eigenvalue weighted by atomic mass is 32.1. The van der Waals surface area contributed by atoms with Crippen LogP contribution in [0.4, 0.5) is 0 Å². The van der Waals surface area contributed by atoms with Gasteiger partial charge in [-0.15, -0.1) is 20.6 Å². The third kappa shape index (κ3) is 2.95. The molecule has 0 amide bonds. The van der Waals surface area contributed by atoms with E-state index in [1.165, 1.54) is 27.1 Å². The van der Waals surface area contributed by atoms with Crippen LogP contribution >= 0.6 is 20.6 Å². The zero-order chi connectivity index (χ0) is 17.1. The molecule has 0 nitrogen and oxygen atoms in total. The molecule has 0 radical (unpaired) electrons. The molecule has 4 rings (SSSR count). The first-order valence-electron chi connectivity index (χ1n) is 8.33. The molecule has 122 valence electrons. The maximum absolute atomic E-state index is 3.14. The van der Waals surface area contributed by atoms with E-state index in [0.29, 0.717) is 0 Å². The number of rotatable bonds is 4. The molecular formula is C23H19PS. The van der Waals surface area contributed by atoms with Gasteiger partial charge in [0.1, 0.15) is 0 Å². The fraction of sp³-hybridized carbons (Fsp3) is 0.0435. The lowest BCUT2D eigenvalue weighted by molar-refractivity contribution is 0.899. The molecule has 0 fully saturated rings. The fourth-order valence-corrected chi connectivity index (χ4v) is 4.76. The normalized spacial score (nSPS) is 11.4. The predicted molar refractivity (Wildman–Crippen MR) is 112 cm³/mol. The Morgan fingerprint density at radius 1 is 0.600 bits per heavy atom. The first-order valence-corrected chi connectivity index (χ1v) is 9.79. The van der Waals surface area contributed by atoms with Crippen LogP contribution < -0.4 is 0 Å². The molecule has 1 unspecified atom stereocenters. The van der Waals surface area contributed by atoms with Crippen LogP contribution in [0, 0.1) is 0 Å². The van der Waals surface area contributed by atoms with Crippen molar-refractivity contribution in [2.24, 2.45) is 0 Å². The molecule has 1 heterocycles. The molecule has 0 N–H and O–H groups in total. The van der Waals surface area contributed by atoms with Crippen LogP contribution in [0.2, 0.25) is 0 Å². The maximum atomic E-state index is 3.14. The van der Waals surface area contributed by atoms with Gasteiger partial charge in [0.2, 0.25) is 0 Å². The lowest BCUT2D eigenvalue weighted by Gasteiger charge is -2.33. The van der Waals surface area contributed by atoms with E-state index in [1.807, 2.05) is 0 Å². The summed E-state index contributed by atoms with van der Waals surface area (Å²) in [4.78, 5) is 1.30. The van der Waals surface area contributed by atoms with Gasteiger partial charge in [-0.1, -0.05) is 91.0 Å². The van der Waals surface area contributed by atoms with Crippen LogP contribution in [-0.4, -0.2) is 0 Å². The highest BCUT2D eigenvalue weighted by Gasteiger charge is 2.33. The summed E-state index contributed by atoms with van der Waals surface area (Å²) in [7, 11) is 3.14. The van der Waals surface area contributed by atoms with Crippen LogP contribution in [0.1, 0.15) is 16.7 Å². The Bertz CT molecular complexity index is 904. The Hall–Kier alpha value is -2.21. The lowest BCUT2D eigenvalue weighted by Crippen LogP contribution is -2.22. The van der Waals surface area contributed by atoms with Gasteiger partial charge in [-0.25, -0.2) is 0 Å². The van der Waals surface area contributed by atoms with Gasteiger partial charge < -0.3 is 0 Å². The van der Waals surface area contributed by atoms with E-state index in [2.05, 4.69) is 112 Å². The summed E-state index contributed by atoms with van der Waals surface area (Å²) in [5, 5.41) is 1.85. The SMILES string of the molecule is PC(c1ccccc1)(c1ccccc1)c1ccccc1-c1cccs1. The minimum absolute atomic E-state index is 0.289. The molecule has 1 aromatic heterocycles. The molecule has 25 heavy (non-hydrogen) atoms. The lowest BCUT2D eigenvalue weighted by atomic mass is 9.81. The van der Waals surface area contributed by atoms with E-state index in [9.17, 15) is 0 Å². The van der Waals surface area contributed by atoms with Crippen molar-refractivity contribution in [1.29, 1.82) is 0 Å². The molecule has 0 aliphatic rings. The Morgan fingerprint density at radius 3 is 1.72 bits per heavy atom. The molecule has 0 bridgehead atoms. The molecule has 0 saturated carbocycles. The summed E-state index contributed by atoms with van der Waals surface area (Å²) in [5.41, 5.74) is 5.14. The summed E-state index contributed by atoms with van der Waals surface area (Å²) >= 11 is 1.79. The third-order valence-electron chi connectivity index (χ3n) is 4.60. The minimum atomic E-state index is -0.289. The molecule has 0 aliphatic carbocycles. The van der Waals surface area contributed by atoms with Crippen molar-refractivity contribution < 1.29 is 0 Å². The van der Waals surface area contributed by atoms with Gasteiger partial charge in [0.05, 0.1) is 5.16 Å². The second-order valence-electron chi connectivity index (χ2n) is 6.06. The van der Waals surface area contributed by atoms with Gasteiger partial charge in [-0.3, -0.25) is 0 Å². The second kappa shape index (κ2) is 6.96. The van der Waals surface area contributed by atoms with E-state index >= 15 is 0 Å². The highest BCUT2D eigenvalue weighted by Crippen LogP contribution is 2.48. The molecule has 1 atom stereocenters. The molecule has 0 aliphatic heterocycles. The van der Waals surface area contributed by atoms with Gasteiger partial charge >= 0.3 is 0 Å². The Balaban J connectivity index is 2.01. The average Bonchev–Trinajstić information content (AvgIpc) is 3.23. The van der Waals surface area contributed by atoms with Crippen molar-refractivity contribution in [3.8, 4) is 10.4 Å². The highest BCUT2D eigenvalue weighted by molar-refractivity contribution is 7.19. The molecule has 0 saturated heterocycles. The van der Waals surface area contributed by atoms with Gasteiger partial charge in [0.15, 0.2) is 0 Å². The van der Waals surface area contributed by atoms with Crippen LogP contribution in [-0.2, 0) is 5.16 Å². The van der Waals surface area contributed by atoms with Gasteiger partial charge in [-0.2, -0.15) is 0 Å². The first-order chi connectivity index (χ1) is 12.3. The summed E-state index contributed by atoms with van der Waals surface area (Å²) in [6, 6.07) is 34.5. The summed E-state index contributed by atoms with van der Waals surface area (Å²) in [5.74, 6) is 0. The minimum Gasteiger partial charge on any atom is -0.144 e. The van der Waals surface area contributed by atoms with E-state index in [4.69, 9.17) is 0 Å². The first kappa shape index (κ1) is 16.3. The third-order valence-corrected chi connectivity index (χ3v) is 6.48. The van der Waals surface area contributed by atoms with Crippen molar-refractivity contribution in [1.82, 2.24) is 0 Å². The summed E-state index contributed by atoms with van der Waals surface area (Å²) in [6.45, 7) is 0. The topological polar surface area (TPSA) is 0 Å². The Kier molecular flexibility index (Phi) is 4.53. The number of hydrogen-bond donors (Lipinski definition) is 0. The van der Waals surface area contributed by atoms with Gasteiger partial charge in [0.25, 0.3) is 0 Å². The molecule has 4 aromatic rings. The Morgan fingerprint density at radius 2 is 1.16 bits per heavy atom. The van der Waals surface area contributed by atoms with E-state index < -0.39 is 0 Å². The monoisotopic (exact) mass is 358 g/mol. The molecule has 2 heteroatoms. The quantitative estimate of drug-likeness (QED) is 0.285. The van der Waals surface area contributed by atoms with E-state index in [1.54, 1.807) is 11.3 Å². The number of hydrogen-bond acceptors (Lipinski definition) is 1.